The Morgan fingerprint density at radius 2 is 2.00 bits per heavy atom. The maximum Gasteiger partial charge on any atom is 0.334 e. The van der Waals surface area contributed by atoms with E-state index in [9.17, 15) is 14.7 Å². The lowest BCUT2D eigenvalue weighted by molar-refractivity contribution is -0.148. The fraction of sp³-hybridized carbons (Fsp3) is 0.312. The Labute approximate surface area is 128 Å². The minimum absolute atomic E-state index is 0.0182. The molecule has 1 aromatic heterocycles. The Bertz CT molecular complexity index is 666. The number of carboxylic acid groups (broad SMARTS) is 1. The molecular formula is C16H19N3O3. The van der Waals surface area contributed by atoms with Gasteiger partial charge in [0.25, 0.3) is 0 Å². The first-order valence-electron chi connectivity index (χ1n) is 7.07. The number of nitrogens with zero attached hydrogens (tertiary/aromatic N) is 2. The lowest BCUT2D eigenvalue weighted by Crippen LogP contribution is -2.52. The molecule has 116 valence electrons. The van der Waals surface area contributed by atoms with Crippen molar-refractivity contribution in [2.45, 2.75) is 32.4 Å². The minimum atomic E-state index is -1.43. The minimum Gasteiger partial charge on any atom is -0.479 e. The second-order valence-electron chi connectivity index (χ2n) is 5.19. The van der Waals surface area contributed by atoms with Crippen LogP contribution in [-0.4, -0.2) is 26.8 Å². The molecule has 1 amide bonds. The Balaban J connectivity index is 2.23. The number of hydrogen-bond acceptors (Lipinski definition) is 3. The number of amides is 1. The highest BCUT2D eigenvalue weighted by Crippen LogP contribution is 2.25. The molecule has 0 fully saturated rings. The molecule has 1 unspecified atom stereocenters. The zero-order chi connectivity index (χ0) is 16.2. The van der Waals surface area contributed by atoms with Crippen molar-refractivity contribution >= 4 is 11.9 Å². The molecule has 0 aliphatic rings. The van der Waals surface area contributed by atoms with Crippen molar-refractivity contribution < 1.29 is 14.7 Å². The van der Waals surface area contributed by atoms with Crippen LogP contribution in [0.1, 0.15) is 24.5 Å². The number of carboxylic acids is 1. The van der Waals surface area contributed by atoms with E-state index in [1.165, 1.54) is 4.68 Å². The van der Waals surface area contributed by atoms with Gasteiger partial charge in [-0.05, 0) is 24.5 Å². The lowest BCUT2D eigenvalue weighted by atomic mass is 9.87. The molecule has 1 heterocycles. The van der Waals surface area contributed by atoms with Gasteiger partial charge in [0.15, 0.2) is 5.54 Å². The molecule has 0 saturated carbocycles. The third-order valence-electron chi connectivity index (χ3n) is 3.58. The second-order valence-corrected chi connectivity index (χ2v) is 5.19. The average molecular weight is 301 g/mol. The van der Waals surface area contributed by atoms with Gasteiger partial charge in [-0.15, -0.1) is 0 Å². The molecule has 1 aromatic carbocycles. The maximum absolute atomic E-state index is 12.2. The molecule has 0 saturated heterocycles. The third kappa shape index (κ3) is 3.16. The summed E-state index contributed by atoms with van der Waals surface area (Å²) in [4.78, 5) is 24.0. The highest BCUT2D eigenvalue weighted by molar-refractivity contribution is 5.88. The highest BCUT2D eigenvalue weighted by atomic mass is 16.4. The highest BCUT2D eigenvalue weighted by Gasteiger charge is 2.40. The summed E-state index contributed by atoms with van der Waals surface area (Å²) in [6.45, 7) is 3.59. The van der Waals surface area contributed by atoms with Gasteiger partial charge in [-0.3, -0.25) is 9.48 Å². The SMILES string of the molecule is CCC(NC(=O)Cn1cc(C)cn1)(C(=O)O)c1ccccc1. The zero-order valence-corrected chi connectivity index (χ0v) is 12.6. The van der Waals surface area contributed by atoms with Gasteiger partial charge in [0, 0.05) is 6.20 Å². The summed E-state index contributed by atoms with van der Waals surface area (Å²) in [5, 5.41) is 16.4. The van der Waals surface area contributed by atoms with Gasteiger partial charge >= 0.3 is 5.97 Å². The second kappa shape index (κ2) is 6.43. The first-order valence-corrected chi connectivity index (χ1v) is 7.07. The zero-order valence-electron chi connectivity index (χ0n) is 12.6. The topological polar surface area (TPSA) is 84.2 Å². The molecule has 2 N–H and O–H groups in total. The van der Waals surface area contributed by atoms with Crippen molar-refractivity contribution in [3.8, 4) is 0 Å². The van der Waals surface area contributed by atoms with Crippen LogP contribution in [0.15, 0.2) is 42.7 Å². The predicted molar refractivity (Wildman–Crippen MR) is 81.2 cm³/mol. The molecule has 2 rings (SSSR count). The van der Waals surface area contributed by atoms with Crippen molar-refractivity contribution in [1.29, 1.82) is 0 Å². The van der Waals surface area contributed by atoms with Gasteiger partial charge in [0.2, 0.25) is 5.91 Å². The van der Waals surface area contributed by atoms with E-state index < -0.39 is 17.4 Å². The fourth-order valence-electron chi connectivity index (χ4n) is 2.39. The predicted octanol–water partition coefficient (Wildman–Crippen LogP) is 1.70. The summed E-state index contributed by atoms with van der Waals surface area (Å²) < 4.78 is 1.48. The van der Waals surface area contributed by atoms with Crippen molar-refractivity contribution in [2.24, 2.45) is 0 Å². The molecule has 0 aliphatic carbocycles. The van der Waals surface area contributed by atoms with Crippen LogP contribution >= 0.6 is 0 Å². The first-order chi connectivity index (χ1) is 10.5. The molecule has 22 heavy (non-hydrogen) atoms. The number of carbonyl (C=O) groups is 2. The van der Waals surface area contributed by atoms with Crippen LogP contribution in [0.5, 0.6) is 0 Å². The molecular weight excluding hydrogens is 282 g/mol. The van der Waals surface area contributed by atoms with E-state index in [4.69, 9.17) is 0 Å². The summed E-state index contributed by atoms with van der Waals surface area (Å²) in [6, 6.07) is 8.73. The van der Waals surface area contributed by atoms with Gasteiger partial charge in [-0.1, -0.05) is 37.3 Å². The molecule has 0 aliphatic heterocycles. The summed E-state index contributed by atoms with van der Waals surface area (Å²) >= 11 is 0. The van der Waals surface area contributed by atoms with Crippen LogP contribution < -0.4 is 5.32 Å². The number of benzene rings is 1. The molecule has 2 aromatic rings. The van der Waals surface area contributed by atoms with Gasteiger partial charge in [-0.25, -0.2) is 4.79 Å². The lowest BCUT2D eigenvalue weighted by Gasteiger charge is -2.30. The van der Waals surface area contributed by atoms with Crippen LogP contribution in [0.25, 0.3) is 0 Å². The van der Waals surface area contributed by atoms with E-state index in [0.717, 1.165) is 5.56 Å². The smallest absolute Gasteiger partial charge is 0.334 e. The summed E-state index contributed by atoms with van der Waals surface area (Å²) in [7, 11) is 0. The maximum atomic E-state index is 12.2. The molecule has 0 radical (unpaired) electrons. The number of rotatable bonds is 6. The monoisotopic (exact) mass is 301 g/mol. The van der Waals surface area contributed by atoms with Crippen molar-refractivity contribution in [3.05, 3.63) is 53.9 Å². The summed E-state index contributed by atoms with van der Waals surface area (Å²) in [5.41, 5.74) is 0.0615. The largest absolute Gasteiger partial charge is 0.479 e. The average Bonchev–Trinajstić information content (AvgIpc) is 2.90. The Hall–Kier alpha value is -2.63. The van der Waals surface area contributed by atoms with Gasteiger partial charge in [0.05, 0.1) is 6.20 Å². The molecule has 0 spiro atoms. The quantitative estimate of drug-likeness (QED) is 0.850. The Morgan fingerprint density at radius 1 is 1.32 bits per heavy atom. The number of hydrogen-bond donors (Lipinski definition) is 2. The Kier molecular flexibility index (Phi) is 4.60. The Morgan fingerprint density at radius 3 is 2.50 bits per heavy atom. The number of aromatic nitrogens is 2. The number of nitrogens with one attached hydrogen (secondary N) is 1. The standard InChI is InChI=1S/C16H19N3O3/c1-3-16(15(21)22,13-7-5-4-6-8-13)18-14(20)11-19-10-12(2)9-17-19/h4-10H,3,11H2,1-2H3,(H,18,20)(H,21,22). The molecule has 6 heteroatoms. The fourth-order valence-corrected chi connectivity index (χ4v) is 2.39. The van der Waals surface area contributed by atoms with Crippen LogP contribution in [0.4, 0.5) is 0 Å². The van der Waals surface area contributed by atoms with E-state index in [1.54, 1.807) is 49.6 Å². The van der Waals surface area contributed by atoms with Crippen LogP contribution in [0.2, 0.25) is 0 Å². The molecule has 1 atom stereocenters. The van der Waals surface area contributed by atoms with Gasteiger partial charge in [-0.2, -0.15) is 5.10 Å². The first kappa shape index (κ1) is 15.8. The summed E-state index contributed by atoms with van der Waals surface area (Å²) in [6.07, 6.45) is 3.63. The van der Waals surface area contributed by atoms with Crippen LogP contribution in [-0.2, 0) is 21.7 Å². The van der Waals surface area contributed by atoms with E-state index in [1.807, 2.05) is 6.92 Å². The van der Waals surface area contributed by atoms with Gasteiger partial charge in [0.1, 0.15) is 6.54 Å². The normalized spacial score (nSPS) is 13.4. The van der Waals surface area contributed by atoms with E-state index in [2.05, 4.69) is 10.4 Å². The molecule has 6 nitrogen and oxygen atoms in total. The van der Waals surface area contributed by atoms with E-state index in [0.29, 0.717) is 5.56 Å². The van der Waals surface area contributed by atoms with E-state index >= 15 is 0 Å². The van der Waals surface area contributed by atoms with Crippen LogP contribution in [0.3, 0.4) is 0 Å². The number of aryl methyl sites for hydroxylation is 1. The third-order valence-corrected chi connectivity index (χ3v) is 3.58. The molecule has 0 bridgehead atoms. The van der Waals surface area contributed by atoms with Gasteiger partial charge < -0.3 is 10.4 Å². The van der Waals surface area contributed by atoms with Crippen molar-refractivity contribution in [2.75, 3.05) is 0 Å². The van der Waals surface area contributed by atoms with Crippen molar-refractivity contribution in [1.82, 2.24) is 15.1 Å². The van der Waals surface area contributed by atoms with E-state index in [-0.39, 0.29) is 13.0 Å². The number of aliphatic carboxylic acids is 1. The van der Waals surface area contributed by atoms with Crippen LogP contribution in [0, 0.1) is 6.92 Å². The van der Waals surface area contributed by atoms with Crippen molar-refractivity contribution in [3.63, 3.8) is 0 Å². The summed E-state index contributed by atoms with van der Waals surface area (Å²) in [5.74, 6) is -1.47. The number of carbonyl (C=O) groups excluding carboxylic acids is 1.